The Kier molecular flexibility index (Phi) is 6.45. The highest BCUT2D eigenvalue weighted by Crippen LogP contribution is 2.29. The molecule has 0 saturated heterocycles. The molecule has 5 nitrogen and oxygen atoms in total. The molecular formula is C16H28N2O3. The molecule has 1 unspecified atom stereocenters. The number of aliphatic hydroxyl groups excluding tert-OH is 1. The minimum absolute atomic E-state index is 0.0260. The van der Waals surface area contributed by atoms with Crippen LogP contribution in [0, 0.1) is 0 Å². The number of hydrogen-bond donors (Lipinski definition) is 2. The predicted octanol–water partition coefficient (Wildman–Crippen LogP) is 1.67. The van der Waals surface area contributed by atoms with E-state index in [-0.39, 0.29) is 5.54 Å². The van der Waals surface area contributed by atoms with E-state index < -0.39 is 6.10 Å². The average molecular weight is 296 g/mol. The van der Waals surface area contributed by atoms with Crippen LogP contribution in [-0.2, 0) is 0 Å². The van der Waals surface area contributed by atoms with E-state index in [0.717, 1.165) is 12.1 Å². The third kappa shape index (κ3) is 4.88. The van der Waals surface area contributed by atoms with Crippen molar-refractivity contribution in [2.24, 2.45) is 0 Å². The molecule has 120 valence electrons. The first-order valence-electron chi connectivity index (χ1n) is 7.10. The maximum atomic E-state index is 10.4. The molecule has 1 aromatic carbocycles. The highest BCUT2D eigenvalue weighted by molar-refractivity contribution is 5.41. The standard InChI is InChI=1S/C16H28N2O3/c1-16(2,18(3)4)11-17-10-14(19)13-9-12(20-5)7-8-15(13)21-6/h7-9,14,17,19H,10-11H2,1-6H3. The van der Waals surface area contributed by atoms with Crippen molar-refractivity contribution in [2.75, 3.05) is 41.4 Å². The Morgan fingerprint density at radius 3 is 2.43 bits per heavy atom. The van der Waals surface area contributed by atoms with Gasteiger partial charge in [-0.05, 0) is 46.1 Å². The van der Waals surface area contributed by atoms with Crippen LogP contribution in [0.2, 0.25) is 0 Å². The molecule has 0 aromatic heterocycles. The van der Waals surface area contributed by atoms with E-state index >= 15 is 0 Å². The zero-order valence-electron chi connectivity index (χ0n) is 13.9. The summed E-state index contributed by atoms with van der Waals surface area (Å²) >= 11 is 0. The van der Waals surface area contributed by atoms with Crippen LogP contribution in [0.3, 0.4) is 0 Å². The van der Waals surface area contributed by atoms with Crippen LogP contribution < -0.4 is 14.8 Å². The van der Waals surface area contributed by atoms with Crippen molar-refractivity contribution in [2.45, 2.75) is 25.5 Å². The largest absolute Gasteiger partial charge is 0.497 e. The van der Waals surface area contributed by atoms with E-state index in [1.165, 1.54) is 0 Å². The fourth-order valence-electron chi connectivity index (χ4n) is 1.88. The molecule has 1 atom stereocenters. The van der Waals surface area contributed by atoms with Crippen LogP contribution in [0.5, 0.6) is 11.5 Å². The number of aliphatic hydroxyl groups is 1. The number of rotatable bonds is 8. The second-order valence-corrected chi connectivity index (χ2v) is 5.96. The summed E-state index contributed by atoms with van der Waals surface area (Å²) in [6, 6.07) is 5.43. The fourth-order valence-corrected chi connectivity index (χ4v) is 1.88. The molecule has 0 heterocycles. The lowest BCUT2D eigenvalue weighted by molar-refractivity contribution is 0.149. The summed E-state index contributed by atoms with van der Waals surface area (Å²) in [5.41, 5.74) is 0.755. The minimum atomic E-state index is -0.645. The Hall–Kier alpha value is -1.30. The van der Waals surface area contributed by atoms with E-state index in [1.807, 2.05) is 26.2 Å². The Balaban J connectivity index is 2.69. The minimum Gasteiger partial charge on any atom is -0.497 e. The van der Waals surface area contributed by atoms with Gasteiger partial charge in [-0.1, -0.05) is 0 Å². The Morgan fingerprint density at radius 2 is 1.90 bits per heavy atom. The molecule has 0 saturated carbocycles. The van der Waals surface area contributed by atoms with Crippen LogP contribution in [-0.4, -0.2) is 56.9 Å². The maximum absolute atomic E-state index is 10.4. The maximum Gasteiger partial charge on any atom is 0.124 e. The summed E-state index contributed by atoms with van der Waals surface area (Å²) in [7, 11) is 7.29. The smallest absolute Gasteiger partial charge is 0.124 e. The summed E-state index contributed by atoms with van der Waals surface area (Å²) in [4.78, 5) is 2.15. The van der Waals surface area contributed by atoms with Crippen molar-refractivity contribution in [3.63, 3.8) is 0 Å². The van der Waals surface area contributed by atoms with Gasteiger partial charge in [0.25, 0.3) is 0 Å². The van der Waals surface area contributed by atoms with Crippen molar-refractivity contribution in [1.82, 2.24) is 10.2 Å². The van der Waals surface area contributed by atoms with Gasteiger partial charge in [-0.3, -0.25) is 0 Å². The lowest BCUT2D eigenvalue weighted by atomic mass is 10.0. The van der Waals surface area contributed by atoms with Crippen molar-refractivity contribution < 1.29 is 14.6 Å². The van der Waals surface area contributed by atoms with Crippen molar-refractivity contribution in [1.29, 1.82) is 0 Å². The van der Waals surface area contributed by atoms with Crippen molar-refractivity contribution in [3.8, 4) is 11.5 Å². The normalized spacial score (nSPS) is 13.3. The number of hydrogen-bond acceptors (Lipinski definition) is 5. The van der Waals surface area contributed by atoms with Gasteiger partial charge in [0, 0.05) is 24.2 Å². The first kappa shape index (κ1) is 17.8. The lowest BCUT2D eigenvalue weighted by Crippen LogP contribution is -2.47. The van der Waals surface area contributed by atoms with Gasteiger partial charge < -0.3 is 24.8 Å². The molecule has 0 amide bonds. The van der Waals surface area contributed by atoms with Gasteiger partial charge in [-0.15, -0.1) is 0 Å². The van der Waals surface area contributed by atoms with Gasteiger partial charge >= 0.3 is 0 Å². The number of nitrogens with one attached hydrogen (secondary N) is 1. The summed E-state index contributed by atoms with van der Waals surface area (Å²) in [6.45, 7) is 5.54. The van der Waals surface area contributed by atoms with Gasteiger partial charge in [0.15, 0.2) is 0 Å². The van der Waals surface area contributed by atoms with Crippen LogP contribution in [0.1, 0.15) is 25.5 Å². The molecule has 5 heteroatoms. The van der Waals surface area contributed by atoms with Crippen LogP contribution in [0.4, 0.5) is 0 Å². The van der Waals surface area contributed by atoms with Gasteiger partial charge in [0.1, 0.15) is 11.5 Å². The monoisotopic (exact) mass is 296 g/mol. The molecule has 0 fully saturated rings. The van der Waals surface area contributed by atoms with Gasteiger partial charge in [0.05, 0.1) is 20.3 Å². The van der Waals surface area contributed by atoms with E-state index in [2.05, 4.69) is 24.1 Å². The molecule has 0 spiro atoms. The van der Waals surface area contributed by atoms with Crippen LogP contribution in [0.25, 0.3) is 0 Å². The van der Waals surface area contributed by atoms with Crippen LogP contribution in [0.15, 0.2) is 18.2 Å². The van der Waals surface area contributed by atoms with Gasteiger partial charge in [-0.25, -0.2) is 0 Å². The van der Waals surface area contributed by atoms with E-state index in [4.69, 9.17) is 9.47 Å². The van der Waals surface area contributed by atoms with Crippen molar-refractivity contribution in [3.05, 3.63) is 23.8 Å². The zero-order chi connectivity index (χ0) is 16.0. The third-order valence-electron chi connectivity index (χ3n) is 3.90. The number of methoxy groups -OCH3 is 2. The zero-order valence-corrected chi connectivity index (χ0v) is 13.9. The quantitative estimate of drug-likeness (QED) is 0.764. The summed E-state index contributed by atoms with van der Waals surface area (Å²) in [6.07, 6.45) is -0.645. The predicted molar refractivity (Wildman–Crippen MR) is 85.1 cm³/mol. The SMILES string of the molecule is COc1ccc(OC)c(C(O)CNCC(C)(C)N(C)C)c1. The Bertz CT molecular complexity index is 447. The Morgan fingerprint density at radius 1 is 1.24 bits per heavy atom. The van der Waals surface area contributed by atoms with Gasteiger partial charge in [-0.2, -0.15) is 0 Å². The Labute approximate surface area is 127 Å². The number of ether oxygens (including phenoxy) is 2. The van der Waals surface area contributed by atoms with Crippen molar-refractivity contribution >= 4 is 0 Å². The molecule has 0 aliphatic carbocycles. The second-order valence-electron chi connectivity index (χ2n) is 5.96. The summed E-state index contributed by atoms with van der Waals surface area (Å²) in [5.74, 6) is 1.37. The van der Waals surface area contributed by atoms with Gasteiger partial charge in [0.2, 0.25) is 0 Å². The van der Waals surface area contributed by atoms with E-state index in [1.54, 1.807) is 20.3 Å². The number of likely N-dealkylation sites (N-methyl/N-ethyl adjacent to an activating group) is 1. The molecule has 0 aliphatic heterocycles. The molecule has 0 radical (unpaired) electrons. The van der Waals surface area contributed by atoms with Crippen LogP contribution >= 0.6 is 0 Å². The molecule has 1 rings (SSSR count). The highest BCUT2D eigenvalue weighted by Gasteiger charge is 2.21. The third-order valence-corrected chi connectivity index (χ3v) is 3.90. The summed E-state index contributed by atoms with van der Waals surface area (Å²) in [5, 5.41) is 13.7. The molecule has 0 aliphatic rings. The first-order chi connectivity index (χ1) is 9.81. The van der Waals surface area contributed by atoms with E-state index in [0.29, 0.717) is 18.0 Å². The lowest BCUT2D eigenvalue weighted by Gasteiger charge is -2.33. The first-order valence-corrected chi connectivity index (χ1v) is 7.10. The highest BCUT2D eigenvalue weighted by atomic mass is 16.5. The molecule has 2 N–H and O–H groups in total. The molecule has 0 bridgehead atoms. The summed E-state index contributed by atoms with van der Waals surface area (Å²) < 4.78 is 10.5. The topological polar surface area (TPSA) is 54.0 Å². The van der Waals surface area contributed by atoms with E-state index in [9.17, 15) is 5.11 Å². The second kappa shape index (κ2) is 7.64. The number of nitrogens with zero attached hydrogens (tertiary/aromatic N) is 1. The molecule has 1 aromatic rings. The average Bonchev–Trinajstić information content (AvgIpc) is 2.45. The molecular weight excluding hydrogens is 268 g/mol. The fraction of sp³-hybridized carbons (Fsp3) is 0.625. The number of benzene rings is 1. The molecule has 21 heavy (non-hydrogen) atoms.